The van der Waals surface area contributed by atoms with Crippen LogP contribution in [0, 0.1) is 12.3 Å². The zero-order valence-corrected chi connectivity index (χ0v) is 11.0. The van der Waals surface area contributed by atoms with Crippen LogP contribution in [0.2, 0.25) is 0 Å². The third-order valence-electron chi connectivity index (χ3n) is 3.46. The quantitative estimate of drug-likeness (QED) is 0.769. The van der Waals surface area contributed by atoms with E-state index in [2.05, 4.69) is 38.8 Å². The summed E-state index contributed by atoms with van der Waals surface area (Å²) in [4.78, 5) is 0. The maximum Gasteiger partial charge on any atom is 0.0518 e. The molecule has 0 N–H and O–H groups in total. The summed E-state index contributed by atoms with van der Waals surface area (Å²) in [5.74, 6) is 0. The number of nitrogens with zero attached hydrogens (tertiary/aromatic N) is 2. The standard InChI is InChI=1S/C12H19BrN2/c1-11-7-14-15(8-11)10-12(9-13)5-3-2-4-6-12/h7-8H,2-6,9-10H2,1H3. The molecule has 0 saturated heterocycles. The van der Waals surface area contributed by atoms with Gasteiger partial charge in [-0.25, -0.2) is 0 Å². The van der Waals surface area contributed by atoms with Gasteiger partial charge in [-0.15, -0.1) is 0 Å². The van der Waals surface area contributed by atoms with Crippen LogP contribution in [0.1, 0.15) is 37.7 Å². The molecule has 1 aromatic rings. The Hall–Kier alpha value is -0.310. The third-order valence-corrected chi connectivity index (χ3v) is 4.65. The van der Waals surface area contributed by atoms with Gasteiger partial charge in [0.15, 0.2) is 0 Å². The van der Waals surface area contributed by atoms with Crippen molar-refractivity contribution >= 4 is 15.9 Å². The molecule has 1 aromatic heterocycles. The first kappa shape index (κ1) is 11.2. The SMILES string of the molecule is Cc1cnn(CC2(CBr)CCCCC2)c1. The lowest BCUT2D eigenvalue weighted by Crippen LogP contribution is -2.31. The molecule has 84 valence electrons. The fourth-order valence-electron chi connectivity index (χ4n) is 2.53. The maximum atomic E-state index is 4.40. The van der Waals surface area contributed by atoms with Crippen molar-refractivity contribution < 1.29 is 0 Å². The van der Waals surface area contributed by atoms with E-state index in [-0.39, 0.29) is 0 Å². The summed E-state index contributed by atoms with van der Waals surface area (Å²) >= 11 is 3.69. The molecule has 0 aliphatic heterocycles. The van der Waals surface area contributed by atoms with Crippen molar-refractivity contribution in [1.29, 1.82) is 0 Å². The van der Waals surface area contributed by atoms with E-state index in [1.54, 1.807) is 0 Å². The molecule has 1 aliphatic rings. The molecule has 1 saturated carbocycles. The minimum absolute atomic E-state index is 0.455. The minimum atomic E-state index is 0.455. The van der Waals surface area contributed by atoms with Crippen LogP contribution in [0.4, 0.5) is 0 Å². The summed E-state index contributed by atoms with van der Waals surface area (Å²) in [6, 6.07) is 0. The molecule has 0 unspecified atom stereocenters. The van der Waals surface area contributed by atoms with E-state index in [0.717, 1.165) is 11.9 Å². The first-order valence-corrected chi connectivity index (χ1v) is 6.91. The largest absolute Gasteiger partial charge is 0.272 e. The summed E-state index contributed by atoms with van der Waals surface area (Å²) in [6.45, 7) is 3.18. The van der Waals surface area contributed by atoms with Gasteiger partial charge >= 0.3 is 0 Å². The summed E-state index contributed by atoms with van der Waals surface area (Å²) in [5.41, 5.74) is 1.71. The number of rotatable bonds is 3. The molecule has 0 radical (unpaired) electrons. The smallest absolute Gasteiger partial charge is 0.0518 e. The van der Waals surface area contributed by atoms with Gasteiger partial charge in [-0.05, 0) is 30.7 Å². The number of hydrogen-bond donors (Lipinski definition) is 0. The summed E-state index contributed by atoms with van der Waals surface area (Å²) in [6.07, 6.45) is 11.0. The van der Waals surface area contributed by atoms with Gasteiger partial charge in [0, 0.05) is 18.1 Å². The van der Waals surface area contributed by atoms with E-state index in [1.165, 1.54) is 37.7 Å². The zero-order valence-electron chi connectivity index (χ0n) is 9.38. The highest BCUT2D eigenvalue weighted by molar-refractivity contribution is 9.09. The number of aryl methyl sites for hydroxylation is 1. The first-order chi connectivity index (χ1) is 7.24. The van der Waals surface area contributed by atoms with E-state index in [1.807, 2.05) is 6.20 Å². The maximum absolute atomic E-state index is 4.40. The van der Waals surface area contributed by atoms with Crippen LogP contribution in [-0.2, 0) is 6.54 Å². The van der Waals surface area contributed by atoms with E-state index in [9.17, 15) is 0 Å². The highest BCUT2D eigenvalue weighted by Crippen LogP contribution is 2.39. The van der Waals surface area contributed by atoms with Crippen LogP contribution in [0.25, 0.3) is 0 Å². The molecular weight excluding hydrogens is 252 g/mol. The van der Waals surface area contributed by atoms with Gasteiger partial charge in [0.2, 0.25) is 0 Å². The highest BCUT2D eigenvalue weighted by atomic mass is 79.9. The second-order valence-electron chi connectivity index (χ2n) is 4.91. The summed E-state index contributed by atoms with van der Waals surface area (Å²) < 4.78 is 2.11. The van der Waals surface area contributed by atoms with E-state index >= 15 is 0 Å². The van der Waals surface area contributed by atoms with Crippen LogP contribution >= 0.6 is 15.9 Å². The fourth-order valence-corrected chi connectivity index (χ4v) is 3.27. The Morgan fingerprint density at radius 2 is 2.13 bits per heavy atom. The first-order valence-electron chi connectivity index (χ1n) is 5.79. The van der Waals surface area contributed by atoms with Crippen LogP contribution in [0.5, 0.6) is 0 Å². The molecule has 2 rings (SSSR count). The van der Waals surface area contributed by atoms with Gasteiger partial charge in [0.05, 0.1) is 6.20 Å². The van der Waals surface area contributed by atoms with Crippen molar-refractivity contribution in [1.82, 2.24) is 9.78 Å². The van der Waals surface area contributed by atoms with Gasteiger partial charge < -0.3 is 0 Å². The predicted octanol–water partition coefficient (Wildman–Crippen LogP) is 3.54. The van der Waals surface area contributed by atoms with E-state index < -0.39 is 0 Å². The molecule has 0 atom stereocenters. The molecule has 3 heteroatoms. The third kappa shape index (κ3) is 2.63. The Morgan fingerprint density at radius 3 is 2.67 bits per heavy atom. The van der Waals surface area contributed by atoms with Crippen LogP contribution in [-0.4, -0.2) is 15.1 Å². The van der Waals surface area contributed by atoms with Crippen LogP contribution < -0.4 is 0 Å². The molecular formula is C12H19BrN2. The van der Waals surface area contributed by atoms with Crippen molar-refractivity contribution in [3.8, 4) is 0 Å². The lowest BCUT2D eigenvalue weighted by Gasteiger charge is -2.35. The molecule has 0 spiro atoms. The average molecular weight is 271 g/mol. The summed E-state index contributed by atoms with van der Waals surface area (Å²) in [5, 5.41) is 5.51. The van der Waals surface area contributed by atoms with Gasteiger partial charge in [-0.2, -0.15) is 5.10 Å². The lowest BCUT2D eigenvalue weighted by atomic mass is 9.76. The normalized spacial score (nSPS) is 20.4. The van der Waals surface area contributed by atoms with Gasteiger partial charge in [0.25, 0.3) is 0 Å². The van der Waals surface area contributed by atoms with Crippen molar-refractivity contribution in [2.24, 2.45) is 5.41 Å². The predicted molar refractivity (Wildman–Crippen MR) is 66.3 cm³/mol. The number of alkyl halides is 1. The highest BCUT2D eigenvalue weighted by Gasteiger charge is 2.31. The number of halogens is 1. The molecule has 1 fully saturated rings. The van der Waals surface area contributed by atoms with Gasteiger partial charge in [0.1, 0.15) is 0 Å². The molecule has 0 bridgehead atoms. The molecule has 1 aliphatic carbocycles. The average Bonchev–Trinajstić information content (AvgIpc) is 2.65. The Morgan fingerprint density at radius 1 is 1.40 bits per heavy atom. The van der Waals surface area contributed by atoms with Crippen LogP contribution in [0.15, 0.2) is 12.4 Å². The van der Waals surface area contributed by atoms with Crippen molar-refractivity contribution in [3.63, 3.8) is 0 Å². The summed E-state index contributed by atoms with van der Waals surface area (Å²) in [7, 11) is 0. The molecule has 0 aromatic carbocycles. The Kier molecular flexibility index (Phi) is 3.49. The van der Waals surface area contributed by atoms with E-state index in [0.29, 0.717) is 5.41 Å². The Bertz CT molecular complexity index is 313. The van der Waals surface area contributed by atoms with E-state index in [4.69, 9.17) is 0 Å². The van der Waals surface area contributed by atoms with Gasteiger partial charge in [-0.1, -0.05) is 35.2 Å². The molecule has 0 amide bonds. The Labute approximate surface area is 100 Å². The number of hydrogen-bond acceptors (Lipinski definition) is 1. The molecule has 2 nitrogen and oxygen atoms in total. The minimum Gasteiger partial charge on any atom is -0.272 e. The number of aromatic nitrogens is 2. The lowest BCUT2D eigenvalue weighted by molar-refractivity contribution is 0.183. The van der Waals surface area contributed by atoms with Gasteiger partial charge in [-0.3, -0.25) is 4.68 Å². The fraction of sp³-hybridized carbons (Fsp3) is 0.750. The van der Waals surface area contributed by atoms with Crippen molar-refractivity contribution in [3.05, 3.63) is 18.0 Å². The van der Waals surface area contributed by atoms with Crippen LogP contribution in [0.3, 0.4) is 0 Å². The Balaban J connectivity index is 2.06. The second kappa shape index (κ2) is 4.69. The topological polar surface area (TPSA) is 17.8 Å². The molecule has 1 heterocycles. The van der Waals surface area contributed by atoms with Crippen molar-refractivity contribution in [2.45, 2.75) is 45.6 Å². The van der Waals surface area contributed by atoms with Crippen molar-refractivity contribution in [2.75, 3.05) is 5.33 Å². The monoisotopic (exact) mass is 270 g/mol. The second-order valence-corrected chi connectivity index (χ2v) is 5.47. The molecule has 15 heavy (non-hydrogen) atoms. The zero-order chi connectivity index (χ0) is 10.7.